The molecule has 0 bridgehead atoms. The molecule has 0 heterocycles. The summed E-state index contributed by atoms with van der Waals surface area (Å²) in [6, 6.07) is 10.4. The molecule has 3 heteroatoms. The lowest BCUT2D eigenvalue weighted by Crippen LogP contribution is -2.33. The monoisotopic (exact) mass is 244 g/mol. The van der Waals surface area contributed by atoms with Crippen molar-refractivity contribution in [2.45, 2.75) is 44.2 Å². The molecule has 1 atom stereocenters. The molecule has 0 amide bonds. The topological polar surface area (TPSA) is 45.0 Å². The highest BCUT2D eigenvalue weighted by molar-refractivity contribution is 5.31. The number of hydrogen-bond acceptors (Lipinski definition) is 3. The molecule has 2 rings (SSSR count). The third-order valence-corrected chi connectivity index (χ3v) is 3.59. The molecule has 1 aromatic carbocycles. The fourth-order valence-electron chi connectivity index (χ4n) is 2.51. The lowest BCUT2D eigenvalue weighted by Gasteiger charge is -2.25. The second-order valence-corrected chi connectivity index (χ2v) is 4.84. The molecular weight excluding hydrogens is 224 g/mol. The van der Waals surface area contributed by atoms with Gasteiger partial charge in [0.2, 0.25) is 0 Å². The first-order chi connectivity index (χ1) is 8.83. The Morgan fingerprint density at radius 2 is 1.89 bits per heavy atom. The van der Waals surface area contributed by atoms with E-state index in [9.17, 15) is 5.26 Å². The van der Waals surface area contributed by atoms with E-state index in [1.54, 1.807) is 7.11 Å². The molecule has 1 aromatic rings. The molecule has 1 aliphatic rings. The number of hydrogen-bond donors (Lipinski definition) is 1. The summed E-state index contributed by atoms with van der Waals surface area (Å²) >= 11 is 0. The van der Waals surface area contributed by atoms with Crippen LogP contribution in [-0.4, -0.2) is 13.2 Å². The Labute approximate surface area is 109 Å². The number of nitrogens with one attached hydrogen (secondary N) is 1. The number of ether oxygens (including phenoxy) is 1. The molecule has 3 nitrogen and oxygen atoms in total. The fraction of sp³-hybridized carbons (Fsp3) is 0.533. The quantitative estimate of drug-likeness (QED) is 0.884. The maximum absolute atomic E-state index is 9.29. The predicted molar refractivity (Wildman–Crippen MR) is 71.4 cm³/mol. The Bertz CT molecular complexity index is 401. The summed E-state index contributed by atoms with van der Waals surface area (Å²) in [6.45, 7) is 0. The Balaban J connectivity index is 2.00. The average Bonchev–Trinajstić information content (AvgIpc) is 2.46. The summed E-state index contributed by atoms with van der Waals surface area (Å²) in [5, 5.41) is 12.8. The third kappa shape index (κ3) is 3.24. The highest BCUT2D eigenvalue weighted by Crippen LogP contribution is 2.22. The van der Waals surface area contributed by atoms with Crippen LogP contribution < -0.4 is 10.1 Å². The van der Waals surface area contributed by atoms with Crippen LogP contribution in [0.1, 0.15) is 43.7 Å². The molecule has 0 saturated heterocycles. The van der Waals surface area contributed by atoms with Crippen LogP contribution in [-0.2, 0) is 0 Å². The first-order valence-electron chi connectivity index (χ1n) is 6.63. The minimum Gasteiger partial charge on any atom is -0.497 e. The van der Waals surface area contributed by atoms with Crippen molar-refractivity contribution in [1.29, 1.82) is 5.26 Å². The van der Waals surface area contributed by atoms with Crippen molar-refractivity contribution in [2.75, 3.05) is 7.11 Å². The van der Waals surface area contributed by atoms with Crippen LogP contribution in [0.5, 0.6) is 5.75 Å². The summed E-state index contributed by atoms with van der Waals surface area (Å²) in [7, 11) is 1.65. The second kappa shape index (κ2) is 6.42. The molecule has 0 radical (unpaired) electrons. The van der Waals surface area contributed by atoms with Gasteiger partial charge in [-0.2, -0.15) is 5.26 Å². The van der Waals surface area contributed by atoms with E-state index >= 15 is 0 Å². The minimum absolute atomic E-state index is 0.209. The van der Waals surface area contributed by atoms with Crippen molar-refractivity contribution in [3.63, 3.8) is 0 Å². The van der Waals surface area contributed by atoms with E-state index in [0.29, 0.717) is 6.04 Å². The van der Waals surface area contributed by atoms with Gasteiger partial charge in [0, 0.05) is 6.04 Å². The normalized spacial score (nSPS) is 18.0. The van der Waals surface area contributed by atoms with Crippen molar-refractivity contribution in [3.8, 4) is 11.8 Å². The summed E-state index contributed by atoms with van der Waals surface area (Å²) in [6.07, 6.45) is 6.26. The first-order valence-corrected chi connectivity index (χ1v) is 6.63. The number of benzene rings is 1. The standard InChI is InChI=1S/C15H20N2O/c1-18-14-9-7-12(8-10-14)15(11-16)17-13-5-3-2-4-6-13/h7-10,13,15,17H,2-6H2,1H3. The number of nitriles is 1. The Hall–Kier alpha value is -1.53. The largest absolute Gasteiger partial charge is 0.497 e. The van der Waals surface area contributed by atoms with Crippen molar-refractivity contribution >= 4 is 0 Å². The predicted octanol–water partition coefficient (Wildman–Crippen LogP) is 3.18. The van der Waals surface area contributed by atoms with Crippen molar-refractivity contribution in [3.05, 3.63) is 29.8 Å². The Morgan fingerprint density at radius 1 is 1.22 bits per heavy atom. The van der Waals surface area contributed by atoms with Gasteiger partial charge >= 0.3 is 0 Å². The first kappa shape index (κ1) is 12.9. The van der Waals surface area contributed by atoms with Gasteiger partial charge in [0.1, 0.15) is 11.8 Å². The van der Waals surface area contributed by atoms with Crippen LogP contribution in [0.25, 0.3) is 0 Å². The van der Waals surface area contributed by atoms with Gasteiger partial charge in [0.15, 0.2) is 0 Å². The summed E-state index contributed by atoms with van der Waals surface area (Å²) < 4.78 is 5.13. The third-order valence-electron chi connectivity index (χ3n) is 3.59. The van der Waals surface area contributed by atoms with Crippen molar-refractivity contribution in [1.82, 2.24) is 5.32 Å². The molecule has 0 aromatic heterocycles. The number of nitrogens with zero attached hydrogens (tertiary/aromatic N) is 1. The van der Waals surface area contributed by atoms with Gasteiger partial charge in [-0.25, -0.2) is 0 Å². The summed E-state index contributed by atoms with van der Waals surface area (Å²) in [5.74, 6) is 0.827. The molecule has 0 spiro atoms. The summed E-state index contributed by atoms with van der Waals surface area (Å²) in [4.78, 5) is 0. The number of rotatable bonds is 4. The number of methoxy groups -OCH3 is 1. The smallest absolute Gasteiger partial charge is 0.121 e. The van der Waals surface area contributed by atoms with Crippen molar-refractivity contribution < 1.29 is 4.74 Å². The zero-order valence-electron chi connectivity index (χ0n) is 10.9. The van der Waals surface area contributed by atoms with Gasteiger partial charge in [-0.15, -0.1) is 0 Å². The molecule has 0 aliphatic heterocycles. The second-order valence-electron chi connectivity index (χ2n) is 4.84. The van der Waals surface area contributed by atoms with Gasteiger partial charge in [-0.3, -0.25) is 5.32 Å². The van der Waals surface area contributed by atoms with E-state index in [1.165, 1.54) is 32.1 Å². The zero-order valence-corrected chi connectivity index (χ0v) is 10.9. The van der Waals surface area contributed by atoms with Crippen LogP contribution in [0.4, 0.5) is 0 Å². The van der Waals surface area contributed by atoms with E-state index in [2.05, 4.69) is 11.4 Å². The molecule has 1 unspecified atom stereocenters. The van der Waals surface area contributed by atoms with E-state index < -0.39 is 0 Å². The fourth-order valence-corrected chi connectivity index (χ4v) is 2.51. The molecule has 1 saturated carbocycles. The molecule has 96 valence electrons. The highest BCUT2D eigenvalue weighted by atomic mass is 16.5. The van der Waals surface area contributed by atoms with Gasteiger partial charge in [0.25, 0.3) is 0 Å². The van der Waals surface area contributed by atoms with Gasteiger partial charge < -0.3 is 4.74 Å². The minimum atomic E-state index is -0.209. The Kier molecular flexibility index (Phi) is 4.60. The van der Waals surface area contributed by atoms with Crippen LogP contribution >= 0.6 is 0 Å². The van der Waals surface area contributed by atoms with E-state index in [4.69, 9.17) is 4.74 Å². The van der Waals surface area contributed by atoms with Crippen molar-refractivity contribution in [2.24, 2.45) is 0 Å². The van der Waals surface area contributed by atoms with Crippen LogP contribution in [0, 0.1) is 11.3 Å². The van der Waals surface area contributed by atoms with E-state index in [1.807, 2.05) is 24.3 Å². The van der Waals surface area contributed by atoms with Crippen LogP contribution in [0.2, 0.25) is 0 Å². The van der Waals surface area contributed by atoms with E-state index in [-0.39, 0.29) is 6.04 Å². The SMILES string of the molecule is COc1ccc(C(C#N)NC2CCCCC2)cc1. The lowest BCUT2D eigenvalue weighted by molar-refractivity contribution is 0.359. The summed E-state index contributed by atoms with van der Waals surface area (Å²) in [5.41, 5.74) is 1.02. The zero-order chi connectivity index (χ0) is 12.8. The molecule has 1 aliphatic carbocycles. The Morgan fingerprint density at radius 3 is 2.44 bits per heavy atom. The van der Waals surface area contributed by atoms with Gasteiger partial charge in [0.05, 0.1) is 13.2 Å². The average molecular weight is 244 g/mol. The highest BCUT2D eigenvalue weighted by Gasteiger charge is 2.18. The van der Waals surface area contributed by atoms with Gasteiger partial charge in [-0.1, -0.05) is 31.4 Å². The molecule has 18 heavy (non-hydrogen) atoms. The van der Waals surface area contributed by atoms with Crippen LogP contribution in [0.3, 0.4) is 0 Å². The van der Waals surface area contributed by atoms with Gasteiger partial charge in [-0.05, 0) is 30.5 Å². The maximum atomic E-state index is 9.29. The van der Waals surface area contributed by atoms with Crippen LogP contribution in [0.15, 0.2) is 24.3 Å². The van der Waals surface area contributed by atoms with E-state index in [0.717, 1.165) is 11.3 Å². The molecule has 1 fully saturated rings. The molecular formula is C15H20N2O. The maximum Gasteiger partial charge on any atom is 0.121 e. The lowest BCUT2D eigenvalue weighted by atomic mass is 9.94. The molecule has 1 N–H and O–H groups in total.